The monoisotopic (exact) mass is 242 g/mol. The van der Waals surface area contributed by atoms with Crippen LogP contribution < -0.4 is 5.32 Å². The fourth-order valence-electron chi connectivity index (χ4n) is 2.25. The van der Waals surface area contributed by atoms with Gasteiger partial charge in [-0.05, 0) is 58.3 Å². The summed E-state index contributed by atoms with van der Waals surface area (Å²) in [6, 6.07) is 0. The van der Waals surface area contributed by atoms with Crippen molar-refractivity contribution in [2.75, 3.05) is 26.2 Å². The number of rotatable bonds is 9. The zero-order valence-corrected chi connectivity index (χ0v) is 11.3. The molecule has 1 atom stereocenters. The molecule has 4 heteroatoms. The van der Waals surface area contributed by atoms with E-state index in [0.717, 1.165) is 45.4 Å². The van der Waals surface area contributed by atoms with Gasteiger partial charge in [0.2, 0.25) is 0 Å². The third kappa shape index (κ3) is 3.96. The second-order valence-electron chi connectivity index (χ2n) is 5.09. The average Bonchev–Trinajstić information content (AvgIpc) is 3.13. The van der Waals surface area contributed by atoms with Gasteiger partial charge in [0.15, 0.2) is 0 Å². The van der Waals surface area contributed by atoms with Crippen LogP contribution in [0.2, 0.25) is 0 Å². The first-order chi connectivity index (χ1) is 8.04. The van der Waals surface area contributed by atoms with E-state index < -0.39 is 11.5 Å². The summed E-state index contributed by atoms with van der Waals surface area (Å²) in [5.41, 5.74) is -0.705. The van der Waals surface area contributed by atoms with E-state index in [-0.39, 0.29) is 0 Å². The van der Waals surface area contributed by atoms with Crippen LogP contribution >= 0.6 is 0 Å². The van der Waals surface area contributed by atoms with Crippen molar-refractivity contribution in [1.82, 2.24) is 10.2 Å². The first-order valence-electron chi connectivity index (χ1n) is 6.75. The van der Waals surface area contributed by atoms with Crippen LogP contribution in [0.5, 0.6) is 0 Å². The molecular formula is C13H26N2O2. The van der Waals surface area contributed by atoms with E-state index in [1.165, 1.54) is 0 Å². The Balaban J connectivity index is 2.26. The molecule has 0 bridgehead atoms. The van der Waals surface area contributed by atoms with E-state index in [9.17, 15) is 9.90 Å². The van der Waals surface area contributed by atoms with Crippen LogP contribution in [0.3, 0.4) is 0 Å². The van der Waals surface area contributed by atoms with Crippen LogP contribution in [0.4, 0.5) is 0 Å². The third-order valence-corrected chi connectivity index (χ3v) is 3.88. The quantitative estimate of drug-likeness (QED) is 0.603. The Bertz CT molecular complexity index is 250. The van der Waals surface area contributed by atoms with E-state index in [1.807, 2.05) is 6.92 Å². The Hall–Kier alpha value is -0.610. The predicted octanol–water partition coefficient (Wildman–Crippen LogP) is 1.56. The van der Waals surface area contributed by atoms with E-state index in [1.54, 1.807) is 0 Å². The van der Waals surface area contributed by atoms with Crippen molar-refractivity contribution in [1.29, 1.82) is 0 Å². The van der Waals surface area contributed by atoms with Crippen molar-refractivity contribution >= 4 is 5.97 Å². The van der Waals surface area contributed by atoms with Gasteiger partial charge in [-0.3, -0.25) is 4.79 Å². The molecule has 0 aromatic rings. The highest BCUT2D eigenvalue weighted by Crippen LogP contribution is 2.39. The molecular weight excluding hydrogens is 216 g/mol. The minimum absolute atomic E-state index is 0.327. The third-order valence-electron chi connectivity index (χ3n) is 3.88. The highest BCUT2D eigenvalue weighted by Gasteiger charge is 2.46. The molecule has 0 aromatic heterocycles. The second kappa shape index (κ2) is 6.36. The van der Waals surface area contributed by atoms with Crippen molar-refractivity contribution in [2.24, 2.45) is 5.92 Å². The van der Waals surface area contributed by atoms with E-state index in [0.29, 0.717) is 5.92 Å². The largest absolute Gasteiger partial charge is 0.480 e. The van der Waals surface area contributed by atoms with Crippen LogP contribution in [0.25, 0.3) is 0 Å². The van der Waals surface area contributed by atoms with Crippen molar-refractivity contribution in [3.8, 4) is 0 Å². The second-order valence-corrected chi connectivity index (χ2v) is 5.09. The van der Waals surface area contributed by atoms with Crippen molar-refractivity contribution in [3.63, 3.8) is 0 Å². The molecule has 0 spiro atoms. The molecule has 100 valence electrons. The highest BCUT2D eigenvalue weighted by molar-refractivity contribution is 5.79. The van der Waals surface area contributed by atoms with Gasteiger partial charge in [0, 0.05) is 0 Å². The van der Waals surface area contributed by atoms with Gasteiger partial charge in [-0.1, -0.05) is 13.8 Å². The molecule has 1 aliphatic carbocycles. The van der Waals surface area contributed by atoms with Crippen LogP contribution in [0, 0.1) is 5.92 Å². The normalized spacial score (nSPS) is 19.3. The van der Waals surface area contributed by atoms with Crippen LogP contribution in [-0.2, 0) is 4.79 Å². The Morgan fingerprint density at radius 2 is 2.00 bits per heavy atom. The standard InChI is InChI=1S/C13H26N2O2/c1-4-15(5-2)10-6-9-14-13(3,12(16)17)11-7-8-11/h11,14H,4-10H2,1-3H3,(H,16,17). The molecule has 1 unspecified atom stereocenters. The summed E-state index contributed by atoms with van der Waals surface area (Å²) in [5.74, 6) is -0.378. The molecule has 1 rings (SSSR count). The number of carbonyl (C=O) groups is 1. The molecule has 0 amide bonds. The zero-order chi connectivity index (χ0) is 12.9. The first-order valence-corrected chi connectivity index (χ1v) is 6.75. The van der Waals surface area contributed by atoms with E-state index in [2.05, 4.69) is 24.1 Å². The number of carboxylic acid groups (broad SMARTS) is 1. The van der Waals surface area contributed by atoms with E-state index in [4.69, 9.17) is 0 Å². The first kappa shape index (κ1) is 14.5. The number of nitrogens with zero attached hydrogens (tertiary/aromatic N) is 1. The number of hydrogen-bond donors (Lipinski definition) is 2. The van der Waals surface area contributed by atoms with Crippen molar-refractivity contribution < 1.29 is 9.90 Å². The summed E-state index contributed by atoms with van der Waals surface area (Å²) in [6.07, 6.45) is 3.11. The van der Waals surface area contributed by atoms with E-state index >= 15 is 0 Å². The smallest absolute Gasteiger partial charge is 0.323 e. The molecule has 1 fully saturated rings. The van der Waals surface area contributed by atoms with Gasteiger partial charge in [-0.25, -0.2) is 0 Å². The van der Waals surface area contributed by atoms with Gasteiger partial charge in [-0.15, -0.1) is 0 Å². The number of aliphatic carboxylic acids is 1. The lowest BCUT2D eigenvalue weighted by atomic mass is 9.96. The summed E-state index contributed by atoms with van der Waals surface area (Å²) in [4.78, 5) is 13.6. The molecule has 0 aliphatic heterocycles. The molecule has 0 saturated heterocycles. The molecule has 4 nitrogen and oxygen atoms in total. The fourth-order valence-corrected chi connectivity index (χ4v) is 2.25. The lowest BCUT2D eigenvalue weighted by molar-refractivity contribution is -0.145. The van der Waals surface area contributed by atoms with Gasteiger partial charge >= 0.3 is 5.97 Å². The molecule has 17 heavy (non-hydrogen) atoms. The number of nitrogens with one attached hydrogen (secondary N) is 1. The Kier molecular flexibility index (Phi) is 5.40. The minimum Gasteiger partial charge on any atom is -0.480 e. The summed E-state index contributed by atoms with van der Waals surface area (Å²) in [6.45, 7) is 10.1. The van der Waals surface area contributed by atoms with Gasteiger partial charge in [0.25, 0.3) is 0 Å². The maximum absolute atomic E-state index is 11.3. The summed E-state index contributed by atoms with van der Waals surface area (Å²) < 4.78 is 0. The van der Waals surface area contributed by atoms with Gasteiger partial charge < -0.3 is 15.3 Å². The molecule has 0 heterocycles. The highest BCUT2D eigenvalue weighted by atomic mass is 16.4. The predicted molar refractivity (Wildman–Crippen MR) is 69.2 cm³/mol. The Labute approximate surface area is 104 Å². The SMILES string of the molecule is CCN(CC)CCCNC(C)(C(=O)O)C1CC1. The van der Waals surface area contributed by atoms with Crippen LogP contribution in [0.15, 0.2) is 0 Å². The van der Waals surface area contributed by atoms with Crippen molar-refractivity contribution in [2.45, 2.75) is 45.6 Å². The zero-order valence-electron chi connectivity index (χ0n) is 11.3. The summed E-state index contributed by atoms with van der Waals surface area (Å²) in [5, 5.41) is 12.5. The summed E-state index contributed by atoms with van der Waals surface area (Å²) in [7, 11) is 0. The minimum atomic E-state index is -0.706. The lowest BCUT2D eigenvalue weighted by Crippen LogP contribution is -2.52. The average molecular weight is 242 g/mol. The Morgan fingerprint density at radius 3 is 2.41 bits per heavy atom. The van der Waals surface area contributed by atoms with Gasteiger partial charge in [0.05, 0.1) is 0 Å². The molecule has 2 N–H and O–H groups in total. The molecule has 0 radical (unpaired) electrons. The summed E-state index contributed by atoms with van der Waals surface area (Å²) >= 11 is 0. The topological polar surface area (TPSA) is 52.6 Å². The maximum Gasteiger partial charge on any atom is 0.323 e. The number of carboxylic acids is 1. The molecule has 0 aromatic carbocycles. The van der Waals surface area contributed by atoms with Crippen molar-refractivity contribution in [3.05, 3.63) is 0 Å². The fraction of sp³-hybridized carbons (Fsp3) is 0.923. The molecule has 1 saturated carbocycles. The van der Waals surface area contributed by atoms with Gasteiger partial charge in [-0.2, -0.15) is 0 Å². The van der Waals surface area contributed by atoms with Crippen LogP contribution in [0.1, 0.15) is 40.0 Å². The van der Waals surface area contributed by atoms with Gasteiger partial charge in [0.1, 0.15) is 5.54 Å². The number of hydrogen-bond acceptors (Lipinski definition) is 3. The van der Waals surface area contributed by atoms with Crippen LogP contribution in [-0.4, -0.2) is 47.7 Å². The molecule has 1 aliphatic rings. The maximum atomic E-state index is 11.3. The Morgan fingerprint density at radius 1 is 1.41 bits per heavy atom. The lowest BCUT2D eigenvalue weighted by Gasteiger charge is -2.27.